The number of rotatable bonds is 3. The van der Waals surface area contributed by atoms with E-state index in [0.717, 1.165) is 0 Å². The Morgan fingerprint density at radius 3 is 1.78 bits per heavy atom. The van der Waals surface area contributed by atoms with Crippen molar-refractivity contribution in [2.24, 2.45) is 11.8 Å². The highest BCUT2D eigenvalue weighted by molar-refractivity contribution is 4.65. The highest BCUT2D eigenvalue weighted by atomic mass is 16.3. The van der Waals surface area contributed by atoms with Gasteiger partial charge in [0, 0.05) is 12.5 Å². The zero-order valence-electron chi connectivity index (χ0n) is 6.33. The van der Waals surface area contributed by atoms with Crippen molar-refractivity contribution in [2.75, 3.05) is 6.61 Å². The molecule has 0 bridgehead atoms. The van der Waals surface area contributed by atoms with Gasteiger partial charge in [-0.25, -0.2) is 0 Å². The Bertz CT molecular complexity index is 71.3. The fourth-order valence-corrected chi connectivity index (χ4v) is 0.765. The van der Waals surface area contributed by atoms with Gasteiger partial charge in [-0.2, -0.15) is 0 Å². The summed E-state index contributed by atoms with van der Waals surface area (Å²) < 4.78 is 0. The van der Waals surface area contributed by atoms with Crippen molar-refractivity contribution in [2.45, 2.75) is 26.9 Å². The molecule has 0 aromatic carbocycles. The van der Waals surface area contributed by atoms with E-state index in [1.807, 2.05) is 20.8 Å². The summed E-state index contributed by atoms with van der Waals surface area (Å²) in [5.41, 5.74) is 0. The van der Waals surface area contributed by atoms with Crippen LogP contribution in [0.2, 0.25) is 0 Å². The fourth-order valence-electron chi connectivity index (χ4n) is 0.765. The third kappa shape index (κ3) is 2.82. The lowest BCUT2D eigenvalue weighted by Gasteiger charge is -2.19. The maximum atomic E-state index is 9.23. The molecule has 0 aliphatic rings. The summed E-state index contributed by atoms with van der Waals surface area (Å²) in [5, 5.41) is 17.8. The lowest BCUT2D eigenvalue weighted by atomic mass is 9.96. The van der Waals surface area contributed by atoms with Gasteiger partial charge in [-0.3, -0.25) is 0 Å². The molecule has 0 amide bonds. The molecule has 2 heteroatoms. The molecule has 0 saturated carbocycles. The lowest BCUT2D eigenvalue weighted by Crippen LogP contribution is -2.25. The molecular formula is C7H16O2. The van der Waals surface area contributed by atoms with Gasteiger partial charge >= 0.3 is 0 Å². The van der Waals surface area contributed by atoms with Gasteiger partial charge in [-0.15, -0.1) is 0 Å². The summed E-state index contributed by atoms with van der Waals surface area (Å²) in [7, 11) is 0. The molecular weight excluding hydrogens is 116 g/mol. The largest absolute Gasteiger partial charge is 0.396 e. The second kappa shape index (κ2) is 3.85. The molecule has 0 spiro atoms. The van der Waals surface area contributed by atoms with E-state index in [1.54, 1.807) is 0 Å². The van der Waals surface area contributed by atoms with Crippen molar-refractivity contribution < 1.29 is 10.2 Å². The normalized spacial score (nSPS) is 18.0. The molecule has 0 heterocycles. The van der Waals surface area contributed by atoms with Gasteiger partial charge in [0.1, 0.15) is 0 Å². The first-order chi connectivity index (χ1) is 4.09. The van der Waals surface area contributed by atoms with Crippen LogP contribution < -0.4 is 0 Å². The van der Waals surface area contributed by atoms with Gasteiger partial charge in [0.05, 0.1) is 6.10 Å². The molecule has 2 atom stereocenters. The highest BCUT2D eigenvalue weighted by Crippen LogP contribution is 2.10. The van der Waals surface area contributed by atoms with Gasteiger partial charge in [0.25, 0.3) is 0 Å². The molecule has 0 aliphatic heterocycles. The zero-order valence-corrected chi connectivity index (χ0v) is 6.33. The van der Waals surface area contributed by atoms with Gasteiger partial charge in [-0.05, 0) is 5.92 Å². The molecule has 0 aromatic rings. The van der Waals surface area contributed by atoms with Gasteiger partial charge in [-0.1, -0.05) is 20.8 Å². The molecule has 0 saturated heterocycles. The molecule has 2 nitrogen and oxygen atoms in total. The third-order valence-electron chi connectivity index (χ3n) is 1.55. The molecule has 0 fully saturated rings. The molecule has 2 N–H and O–H groups in total. The van der Waals surface area contributed by atoms with Crippen molar-refractivity contribution in [3.63, 3.8) is 0 Å². The van der Waals surface area contributed by atoms with Crippen molar-refractivity contribution in [1.82, 2.24) is 0 Å². The number of hydrogen-bond donors (Lipinski definition) is 2. The van der Waals surface area contributed by atoms with E-state index >= 15 is 0 Å². The van der Waals surface area contributed by atoms with Crippen LogP contribution in [0, 0.1) is 11.8 Å². The van der Waals surface area contributed by atoms with Crippen LogP contribution in [0.4, 0.5) is 0 Å². The van der Waals surface area contributed by atoms with Gasteiger partial charge in [0.15, 0.2) is 0 Å². The molecule has 9 heavy (non-hydrogen) atoms. The van der Waals surface area contributed by atoms with E-state index in [2.05, 4.69) is 0 Å². The van der Waals surface area contributed by atoms with Gasteiger partial charge < -0.3 is 10.2 Å². The Hall–Kier alpha value is -0.0800. The Labute approximate surface area is 56.5 Å². The van der Waals surface area contributed by atoms with Crippen LogP contribution in [0.25, 0.3) is 0 Å². The summed E-state index contributed by atoms with van der Waals surface area (Å²) in [5.74, 6) is 0.247. The van der Waals surface area contributed by atoms with E-state index in [1.165, 1.54) is 0 Å². The fraction of sp³-hybridized carbons (Fsp3) is 1.00. The standard InChI is InChI=1S/C7H16O2/c1-5(2)7(9)6(3)4-8/h5-9H,4H2,1-3H3/t6-,7+/m0/s1. The maximum Gasteiger partial charge on any atom is 0.0610 e. The van der Waals surface area contributed by atoms with Crippen molar-refractivity contribution >= 4 is 0 Å². The van der Waals surface area contributed by atoms with Crippen LogP contribution in [0.15, 0.2) is 0 Å². The number of hydrogen-bond acceptors (Lipinski definition) is 2. The Morgan fingerprint density at radius 2 is 1.67 bits per heavy atom. The topological polar surface area (TPSA) is 40.5 Å². The second-order valence-electron chi connectivity index (χ2n) is 2.89. The number of aliphatic hydroxyl groups excluding tert-OH is 2. The minimum absolute atomic E-state index is 0.00463. The van der Waals surface area contributed by atoms with Gasteiger partial charge in [0.2, 0.25) is 0 Å². The Kier molecular flexibility index (Phi) is 3.82. The first kappa shape index (κ1) is 8.92. The third-order valence-corrected chi connectivity index (χ3v) is 1.55. The van der Waals surface area contributed by atoms with Crippen LogP contribution >= 0.6 is 0 Å². The Morgan fingerprint density at radius 1 is 1.22 bits per heavy atom. The molecule has 0 unspecified atom stereocenters. The Balaban J connectivity index is 3.58. The van der Waals surface area contributed by atoms with E-state index in [-0.39, 0.29) is 24.5 Å². The summed E-state index contributed by atoms with van der Waals surface area (Å²) in [6.07, 6.45) is -0.366. The summed E-state index contributed by atoms with van der Waals surface area (Å²) in [6.45, 7) is 5.79. The molecule has 0 aliphatic carbocycles. The number of aliphatic hydroxyl groups is 2. The first-order valence-electron chi connectivity index (χ1n) is 3.38. The SMILES string of the molecule is CC(C)[C@@H](O)[C@@H](C)CO. The van der Waals surface area contributed by atoms with E-state index in [0.29, 0.717) is 0 Å². The van der Waals surface area contributed by atoms with Crippen LogP contribution in [0.5, 0.6) is 0 Å². The van der Waals surface area contributed by atoms with Crippen molar-refractivity contribution in [1.29, 1.82) is 0 Å². The first-order valence-corrected chi connectivity index (χ1v) is 3.38. The summed E-state index contributed by atoms with van der Waals surface area (Å²) in [4.78, 5) is 0. The summed E-state index contributed by atoms with van der Waals surface area (Å²) >= 11 is 0. The zero-order chi connectivity index (χ0) is 7.44. The van der Waals surface area contributed by atoms with Crippen LogP contribution in [-0.2, 0) is 0 Å². The minimum atomic E-state index is -0.366. The quantitative estimate of drug-likeness (QED) is 0.591. The minimum Gasteiger partial charge on any atom is -0.396 e. The average Bonchev–Trinajstić information content (AvgIpc) is 1.84. The molecule has 0 rings (SSSR count). The van der Waals surface area contributed by atoms with Crippen LogP contribution in [0.3, 0.4) is 0 Å². The summed E-state index contributed by atoms with van der Waals surface area (Å²) in [6, 6.07) is 0. The van der Waals surface area contributed by atoms with E-state index in [4.69, 9.17) is 5.11 Å². The molecule has 0 radical (unpaired) electrons. The highest BCUT2D eigenvalue weighted by Gasteiger charge is 2.15. The smallest absolute Gasteiger partial charge is 0.0610 e. The molecule has 56 valence electrons. The van der Waals surface area contributed by atoms with Crippen molar-refractivity contribution in [3.05, 3.63) is 0 Å². The van der Waals surface area contributed by atoms with E-state index in [9.17, 15) is 5.11 Å². The average molecular weight is 132 g/mol. The van der Waals surface area contributed by atoms with Crippen LogP contribution in [-0.4, -0.2) is 22.9 Å². The predicted molar refractivity (Wildman–Crippen MR) is 37.1 cm³/mol. The van der Waals surface area contributed by atoms with E-state index < -0.39 is 0 Å². The maximum absolute atomic E-state index is 9.23. The second-order valence-corrected chi connectivity index (χ2v) is 2.89. The predicted octanol–water partition coefficient (Wildman–Crippen LogP) is 0.632. The lowest BCUT2D eigenvalue weighted by molar-refractivity contribution is 0.0427. The monoisotopic (exact) mass is 132 g/mol. The van der Waals surface area contributed by atoms with Crippen LogP contribution in [0.1, 0.15) is 20.8 Å². The molecule has 0 aromatic heterocycles. The van der Waals surface area contributed by atoms with Crippen molar-refractivity contribution in [3.8, 4) is 0 Å².